The smallest absolute Gasteiger partial charge is 0.408 e. The zero-order valence-electron chi connectivity index (χ0n) is 24.9. The highest BCUT2D eigenvalue weighted by Gasteiger charge is 2.31. The van der Waals surface area contributed by atoms with Crippen molar-refractivity contribution in [2.24, 2.45) is 0 Å². The molecule has 0 aliphatic carbocycles. The molecule has 0 bridgehead atoms. The summed E-state index contributed by atoms with van der Waals surface area (Å²) < 4.78 is 20.1. The molecule has 0 radical (unpaired) electrons. The van der Waals surface area contributed by atoms with Crippen LogP contribution in [0.15, 0.2) is 54.6 Å². The average Bonchev–Trinajstić information content (AvgIpc) is 2.71. The first-order valence-corrected chi connectivity index (χ1v) is 14.2. The molecule has 0 aliphatic heterocycles. The molecule has 200 valence electrons. The minimum absolute atomic E-state index is 0.0957. The van der Waals surface area contributed by atoms with E-state index in [4.69, 9.17) is 13.6 Å². The van der Waals surface area contributed by atoms with E-state index in [9.17, 15) is 0 Å². The molecule has 3 aromatic carbocycles. The van der Waals surface area contributed by atoms with Gasteiger partial charge in [-0.25, -0.2) is 0 Å². The fourth-order valence-corrected chi connectivity index (χ4v) is 6.38. The van der Waals surface area contributed by atoms with Crippen LogP contribution >= 0.6 is 8.60 Å². The van der Waals surface area contributed by atoms with Gasteiger partial charge in [0.25, 0.3) is 0 Å². The molecule has 0 unspecified atom stereocenters. The normalized spacial score (nSPS) is 12.6. The van der Waals surface area contributed by atoms with Gasteiger partial charge >= 0.3 is 8.60 Å². The van der Waals surface area contributed by atoms with Gasteiger partial charge in [0.1, 0.15) is 17.2 Å². The summed E-state index contributed by atoms with van der Waals surface area (Å²) in [5.41, 5.74) is 6.77. The third-order valence-corrected chi connectivity index (χ3v) is 7.51. The largest absolute Gasteiger partial charge is 0.530 e. The van der Waals surface area contributed by atoms with Crippen LogP contribution in [0.3, 0.4) is 0 Å². The van der Waals surface area contributed by atoms with E-state index in [1.807, 2.05) is 36.4 Å². The second-order valence-corrected chi connectivity index (χ2v) is 14.1. The number of hydrogen-bond acceptors (Lipinski definition) is 3. The van der Waals surface area contributed by atoms with Crippen molar-refractivity contribution >= 4 is 8.60 Å². The third kappa shape index (κ3) is 6.88. The minimum Gasteiger partial charge on any atom is -0.408 e. The predicted octanol–water partition coefficient (Wildman–Crippen LogP) is 10.3. The van der Waals surface area contributed by atoms with Gasteiger partial charge < -0.3 is 13.6 Å². The van der Waals surface area contributed by atoms with Crippen molar-refractivity contribution in [1.29, 1.82) is 0 Å². The molecule has 3 rings (SSSR count). The molecule has 3 nitrogen and oxygen atoms in total. The van der Waals surface area contributed by atoms with Crippen LogP contribution in [0.1, 0.15) is 95.7 Å². The van der Waals surface area contributed by atoms with Crippen LogP contribution in [0.4, 0.5) is 0 Å². The molecular formula is C33H45O3P. The Hall–Kier alpha value is -2.51. The van der Waals surface area contributed by atoms with Crippen molar-refractivity contribution in [3.63, 3.8) is 0 Å². The maximum absolute atomic E-state index is 6.70. The van der Waals surface area contributed by atoms with Gasteiger partial charge in [-0.05, 0) is 71.9 Å². The lowest BCUT2D eigenvalue weighted by molar-refractivity contribution is 0.372. The van der Waals surface area contributed by atoms with Crippen LogP contribution in [-0.2, 0) is 16.2 Å². The summed E-state index contributed by atoms with van der Waals surface area (Å²) in [5.74, 6) is 2.40. The second kappa shape index (κ2) is 10.7. The van der Waals surface area contributed by atoms with E-state index < -0.39 is 8.60 Å². The summed E-state index contributed by atoms with van der Waals surface area (Å²) >= 11 is 0. The van der Waals surface area contributed by atoms with E-state index in [2.05, 4.69) is 101 Å². The van der Waals surface area contributed by atoms with E-state index in [1.54, 1.807) is 0 Å². The highest BCUT2D eigenvalue weighted by atomic mass is 31.2. The topological polar surface area (TPSA) is 27.7 Å². The van der Waals surface area contributed by atoms with Gasteiger partial charge in [0, 0.05) is 16.7 Å². The Morgan fingerprint density at radius 2 is 0.676 bits per heavy atom. The van der Waals surface area contributed by atoms with Gasteiger partial charge in [-0.3, -0.25) is 0 Å². The molecule has 0 heterocycles. The van der Waals surface area contributed by atoms with Crippen molar-refractivity contribution in [2.75, 3.05) is 0 Å². The molecule has 37 heavy (non-hydrogen) atoms. The van der Waals surface area contributed by atoms with Crippen LogP contribution in [0.5, 0.6) is 17.2 Å². The van der Waals surface area contributed by atoms with Crippen molar-refractivity contribution in [3.05, 3.63) is 88.0 Å². The maximum atomic E-state index is 6.70. The number of aryl methyl sites for hydroxylation is 3. The fraction of sp³-hybridized carbons (Fsp3) is 0.455. The molecule has 0 fully saturated rings. The van der Waals surface area contributed by atoms with Crippen LogP contribution < -0.4 is 13.6 Å². The summed E-state index contributed by atoms with van der Waals surface area (Å²) in [6, 6.07) is 18.6. The summed E-state index contributed by atoms with van der Waals surface area (Å²) in [7, 11) is -1.82. The summed E-state index contributed by atoms with van der Waals surface area (Å²) in [6.45, 7) is 26.3. The first-order valence-electron chi connectivity index (χ1n) is 13.1. The zero-order chi connectivity index (χ0) is 27.8. The zero-order valence-corrected chi connectivity index (χ0v) is 25.8. The van der Waals surface area contributed by atoms with Crippen LogP contribution in [0.2, 0.25) is 0 Å². The summed E-state index contributed by atoms with van der Waals surface area (Å²) in [5, 5.41) is 0. The van der Waals surface area contributed by atoms with Gasteiger partial charge in [-0.1, -0.05) is 98.7 Å². The fourth-order valence-electron chi connectivity index (χ4n) is 5.33. The molecular weight excluding hydrogens is 475 g/mol. The van der Waals surface area contributed by atoms with Crippen LogP contribution in [0, 0.1) is 20.8 Å². The molecule has 0 saturated heterocycles. The summed E-state index contributed by atoms with van der Waals surface area (Å²) in [4.78, 5) is 0. The first-order chi connectivity index (χ1) is 17.0. The number of rotatable bonds is 6. The Labute approximate surface area is 226 Å². The van der Waals surface area contributed by atoms with Crippen molar-refractivity contribution in [1.82, 2.24) is 0 Å². The Balaban J connectivity index is 2.15. The SMILES string of the molecule is Cc1cccc(OP(Oc2cccc(C)c2C(C)(C)C)Oc2cccc(C)c2C(C)(C)C)c1C(C)(C)C. The molecule has 0 aliphatic rings. The highest BCUT2D eigenvalue weighted by Crippen LogP contribution is 2.49. The molecule has 0 amide bonds. The maximum Gasteiger partial charge on any atom is 0.530 e. The van der Waals surface area contributed by atoms with E-state index in [0.717, 1.165) is 33.9 Å². The monoisotopic (exact) mass is 520 g/mol. The third-order valence-electron chi connectivity index (χ3n) is 6.47. The Bertz CT molecular complexity index is 1080. The minimum atomic E-state index is -1.82. The van der Waals surface area contributed by atoms with Gasteiger partial charge in [0.05, 0.1) is 0 Å². The predicted molar refractivity (Wildman–Crippen MR) is 158 cm³/mol. The van der Waals surface area contributed by atoms with Gasteiger partial charge in [-0.15, -0.1) is 0 Å². The highest BCUT2D eigenvalue weighted by molar-refractivity contribution is 7.43. The van der Waals surface area contributed by atoms with Crippen molar-refractivity contribution < 1.29 is 13.6 Å². The van der Waals surface area contributed by atoms with Crippen molar-refractivity contribution in [3.8, 4) is 17.2 Å². The molecule has 0 N–H and O–H groups in total. The van der Waals surface area contributed by atoms with Crippen LogP contribution in [-0.4, -0.2) is 0 Å². The lowest BCUT2D eigenvalue weighted by Gasteiger charge is -2.30. The lowest BCUT2D eigenvalue weighted by atomic mass is 9.83. The molecule has 0 atom stereocenters. The van der Waals surface area contributed by atoms with E-state index >= 15 is 0 Å². The number of hydrogen-bond donors (Lipinski definition) is 0. The molecule has 3 aromatic rings. The first kappa shape index (κ1) is 29.1. The molecule has 0 saturated carbocycles. The van der Waals surface area contributed by atoms with Gasteiger partial charge in [0.2, 0.25) is 0 Å². The van der Waals surface area contributed by atoms with Crippen LogP contribution in [0.25, 0.3) is 0 Å². The average molecular weight is 521 g/mol. The molecule has 4 heteroatoms. The quantitative estimate of drug-likeness (QED) is 0.303. The van der Waals surface area contributed by atoms with E-state index in [1.165, 1.54) is 16.7 Å². The van der Waals surface area contributed by atoms with Gasteiger partial charge in [0.15, 0.2) is 0 Å². The Kier molecular flexibility index (Phi) is 8.40. The summed E-state index contributed by atoms with van der Waals surface area (Å²) in [6.07, 6.45) is 0. The lowest BCUT2D eigenvalue weighted by Crippen LogP contribution is -2.18. The van der Waals surface area contributed by atoms with Crippen molar-refractivity contribution in [2.45, 2.75) is 99.3 Å². The standard InChI is InChI=1S/C33H45O3P/c1-22-16-13-19-25(28(22)31(4,5)6)34-37(35-26-20-14-17-23(2)29(26)32(7,8)9)36-27-21-15-18-24(3)30(27)33(10,11)12/h13-21H,1-12H3. The molecule has 0 spiro atoms. The van der Waals surface area contributed by atoms with E-state index in [0.29, 0.717) is 0 Å². The van der Waals surface area contributed by atoms with Gasteiger partial charge in [-0.2, -0.15) is 0 Å². The Morgan fingerprint density at radius 3 is 0.892 bits per heavy atom. The second-order valence-electron chi connectivity index (χ2n) is 13.1. The van der Waals surface area contributed by atoms with E-state index in [-0.39, 0.29) is 16.2 Å². The number of benzene rings is 3. The Morgan fingerprint density at radius 1 is 0.432 bits per heavy atom. The molecule has 0 aromatic heterocycles.